The quantitative estimate of drug-likeness (QED) is 0.810. The van der Waals surface area contributed by atoms with E-state index in [4.69, 9.17) is 5.11 Å². The van der Waals surface area contributed by atoms with Crippen LogP contribution in [0.15, 0.2) is 18.3 Å². The maximum absolute atomic E-state index is 11.6. The Labute approximate surface area is 112 Å². The number of pyridine rings is 1. The van der Waals surface area contributed by atoms with Gasteiger partial charge in [0.25, 0.3) is 5.91 Å². The normalized spacial score (nSPS) is 11.7. The lowest BCUT2D eigenvalue weighted by Gasteiger charge is -2.11. The van der Waals surface area contributed by atoms with Crippen LogP contribution in [0.25, 0.3) is 0 Å². The second kappa shape index (κ2) is 6.72. The van der Waals surface area contributed by atoms with Gasteiger partial charge in [-0.15, -0.1) is 0 Å². The van der Waals surface area contributed by atoms with Gasteiger partial charge in [-0.25, -0.2) is 4.98 Å². The van der Waals surface area contributed by atoms with Crippen molar-refractivity contribution in [3.8, 4) is 0 Å². The molecule has 0 fully saturated rings. The van der Waals surface area contributed by atoms with E-state index in [2.05, 4.69) is 10.3 Å². The first-order chi connectivity index (χ1) is 8.91. The molecule has 0 radical (unpaired) electrons. The summed E-state index contributed by atoms with van der Waals surface area (Å²) in [5.74, 6) is -0.657. The molecule has 0 bridgehead atoms. The molecule has 2 N–H and O–H groups in total. The number of aliphatic carboxylic acids is 1. The molecule has 0 aliphatic heterocycles. The van der Waals surface area contributed by atoms with Gasteiger partial charge in [0.1, 0.15) is 5.82 Å². The van der Waals surface area contributed by atoms with Crippen molar-refractivity contribution in [2.45, 2.75) is 13.3 Å². The van der Waals surface area contributed by atoms with E-state index in [1.165, 1.54) is 11.1 Å². The number of carbonyl (C=O) groups is 2. The molecule has 1 aromatic heterocycles. The number of hydrogen-bond donors (Lipinski definition) is 2. The van der Waals surface area contributed by atoms with Crippen molar-refractivity contribution in [3.05, 3.63) is 23.9 Å². The van der Waals surface area contributed by atoms with E-state index in [-0.39, 0.29) is 11.8 Å². The number of aromatic nitrogens is 1. The third-order valence-electron chi connectivity index (χ3n) is 2.72. The molecule has 6 heteroatoms. The van der Waals surface area contributed by atoms with Crippen molar-refractivity contribution in [2.24, 2.45) is 5.92 Å². The molecule has 0 saturated heterocycles. The standard InChI is InChI=1S/C13H19N3O3/c1-9(13(18)19)6-7-14-11-5-4-10(8-15-11)12(17)16(2)3/h4-5,8-9H,6-7H2,1-3H3,(H,14,15)(H,18,19). The van der Waals surface area contributed by atoms with Gasteiger partial charge in [0.2, 0.25) is 0 Å². The second-order valence-electron chi connectivity index (χ2n) is 4.59. The number of carboxylic acid groups (broad SMARTS) is 1. The van der Waals surface area contributed by atoms with E-state index in [1.807, 2.05) is 0 Å². The molecule has 1 heterocycles. The molecular formula is C13H19N3O3. The lowest BCUT2D eigenvalue weighted by molar-refractivity contribution is -0.141. The van der Waals surface area contributed by atoms with Crippen LogP contribution in [0.5, 0.6) is 0 Å². The van der Waals surface area contributed by atoms with Gasteiger partial charge in [0.15, 0.2) is 0 Å². The number of nitrogens with zero attached hydrogens (tertiary/aromatic N) is 2. The van der Waals surface area contributed by atoms with Gasteiger partial charge in [-0.1, -0.05) is 6.92 Å². The van der Waals surface area contributed by atoms with E-state index >= 15 is 0 Å². The molecule has 1 unspecified atom stereocenters. The summed E-state index contributed by atoms with van der Waals surface area (Å²) in [6.07, 6.45) is 2.03. The zero-order valence-electron chi connectivity index (χ0n) is 11.4. The minimum Gasteiger partial charge on any atom is -0.481 e. The van der Waals surface area contributed by atoms with Crippen molar-refractivity contribution >= 4 is 17.7 Å². The summed E-state index contributed by atoms with van der Waals surface area (Å²) in [7, 11) is 3.36. The predicted octanol–water partition coefficient (Wildman–Crippen LogP) is 1.31. The zero-order chi connectivity index (χ0) is 14.4. The maximum atomic E-state index is 11.6. The molecule has 0 spiro atoms. The van der Waals surface area contributed by atoms with Crippen LogP contribution in [0.2, 0.25) is 0 Å². The summed E-state index contributed by atoms with van der Waals surface area (Å²) in [6, 6.07) is 3.40. The van der Waals surface area contributed by atoms with Crippen LogP contribution in [0.4, 0.5) is 5.82 Å². The van der Waals surface area contributed by atoms with Crippen LogP contribution in [0.3, 0.4) is 0 Å². The lowest BCUT2D eigenvalue weighted by atomic mass is 10.1. The Kier molecular flexibility index (Phi) is 5.29. The SMILES string of the molecule is CC(CCNc1ccc(C(=O)N(C)C)cn1)C(=O)O. The molecule has 0 aliphatic carbocycles. The number of amides is 1. The zero-order valence-corrected chi connectivity index (χ0v) is 11.4. The first-order valence-corrected chi connectivity index (χ1v) is 6.06. The molecule has 104 valence electrons. The van der Waals surface area contributed by atoms with Crippen LogP contribution < -0.4 is 5.32 Å². The first kappa shape index (κ1) is 14.9. The Bertz CT molecular complexity index is 443. The predicted molar refractivity (Wildman–Crippen MR) is 72.2 cm³/mol. The Morgan fingerprint density at radius 1 is 1.42 bits per heavy atom. The number of carboxylic acids is 1. The molecule has 0 aromatic carbocycles. The van der Waals surface area contributed by atoms with Crippen molar-refractivity contribution in [2.75, 3.05) is 26.0 Å². The monoisotopic (exact) mass is 265 g/mol. The molecule has 0 saturated carbocycles. The summed E-state index contributed by atoms with van der Waals surface area (Å²) in [4.78, 5) is 27.9. The summed E-state index contributed by atoms with van der Waals surface area (Å²) in [5, 5.41) is 11.8. The average Bonchev–Trinajstić information content (AvgIpc) is 2.38. The number of rotatable bonds is 6. The van der Waals surface area contributed by atoms with Crippen molar-refractivity contribution in [1.82, 2.24) is 9.88 Å². The highest BCUT2D eigenvalue weighted by Gasteiger charge is 2.10. The highest BCUT2D eigenvalue weighted by molar-refractivity contribution is 5.93. The lowest BCUT2D eigenvalue weighted by Crippen LogP contribution is -2.21. The Balaban J connectivity index is 2.49. The minimum absolute atomic E-state index is 0.0986. The number of carbonyl (C=O) groups excluding carboxylic acids is 1. The molecule has 0 aliphatic rings. The van der Waals surface area contributed by atoms with E-state index in [1.54, 1.807) is 33.2 Å². The van der Waals surface area contributed by atoms with Crippen LogP contribution in [-0.4, -0.2) is 47.5 Å². The number of hydrogen-bond acceptors (Lipinski definition) is 4. The van der Waals surface area contributed by atoms with Crippen molar-refractivity contribution in [1.29, 1.82) is 0 Å². The van der Waals surface area contributed by atoms with Gasteiger partial charge in [-0.2, -0.15) is 0 Å². The number of anilines is 1. The van der Waals surface area contributed by atoms with Crippen LogP contribution in [0.1, 0.15) is 23.7 Å². The molecule has 1 atom stereocenters. The molecule has 1 rings (SSSR count). The largest absolute Gasteiger partial charge is 0.481 e. The fraction of sp³-hybridized carbons (Fsp3) is 0.462. The Morgan fingerprint density at radius 2 is 2.11 bits per heavy atom. The van der Waals surface area contributed by atoms with Crippen molar-refractivity contribution in [3.63, 3.8) is 0 Å². The summed E-state index contributed by atoms with van der Waals surface area (Å²) < 4.78 is 0. The Hall–Kier alpha value is -2.11. The molecule has 6 nitrogen and oxygen atoms in total. The molecule has 1 aromatic rings. The van der Waals surface area contributed by atoms with E-state index in [9.17, 15) is 9.59 Å². The summed E-state index contributed by atoms with van der Waals surface area (Å²) >= 11 is 0. The van der Waals surface area contributed by atoms with Crippen LogP contribution in [0, 0.1) is 5.92 Å². The van der Waals surface area contributed by atoms with Gasteiger partial charge in [-0.05, 0) is 18.6 Å². The highest BCUT2D eigenvalue weighted by Crippen LogP contribution is 2.08. The van der Waals surface area contributed by atoms with Crippen LogP contribution in [-0.2, 0) is 4.79 Å². The number of nitrogens with one attached hydrogen (secondary N) is 1. The van der Waals surface area contributed by atoms with Gasteiger partial charge in [0.05, 0.1) is 11.5 Å². The average molecular weight is 265 g/mol. The van der Waals surface area contributed by atoms with Gasteiger partial charge in [-0.3, -0.25) is 9.59 Å². The third kappa shape index (κ3) is 4.57. The van der Waals surface area contributed by atoms with E-state index in [0.29, 0.717) is 24.3 Å². The first-order valence-electron chi connectivity index (χ1n) is 6.06. The minimum atomic E-state index is -0.804. The fourth-order valence-electron chi connectivity index (χ4n) is 1.42. The second-order valence-corrected chi connectivity index (χ2v) is 4.59. The summed E-state index contributed by atoms with van der Waals surface area (Å²) in [6.45, 7) is 2.19. The third-order valence-corrected chi connectivity index (χ3v) is 2.72. The fourth-order valence-corrected chi connectivity index (χ4v) is 1.42. The van der Waals surface area contributed by atoms with Gasteiger partial charge < -0.3 is 15.3 Å². The molecular weight excluding hydrogens is 246 g/mol. The maximum Gasteiger partial charge on any atom is 0.306 e. The van der Waals surface area contributed by atoms with Crippen molar-refractivity contribution < 1.29 is 14.7 Å². The molecule has 1 amide bonds. The summed E-state index contributed by atoms with van der Waals surface area (Å²) in [5.41, 5.74) is 0.523. The van der Waals surface area contributed by atoms with Gasteiger partial charge >= 0.3 is 5.97 Å². The highest BCUT2D eigenvalue weighted by atomic mass is 16.4. The van der Waals surface area contributed by atoms with E-state index < -0.39 is 5.97 Å². The smallest absolute Gasteiger partial charge is 0.306 e. The Morgan fingerprint density at radius 3 is 2.58 bits per heavy atom. The molecule has 19 heavy (non-hydrogen) atoms. The topological polar surface area (TPSA) is 82.5 Å². The van der Waals surface area contributed by atoms with Gasteiger partial charge in [0, 0.05) is 26.8 Å². The van der Waals surface area contributed by atoms with E-state index in [0.717, 1.165) is 0 Å². The van der Waals surface area contributed by atoms with Crippen LogP contribution >= 0.6 is 0 Å².